The van der Waals surface area contributed by atoms with Crippen LogP contribution >= 0.6 is 0 Å². The molecule has 1 N–H and O–H groups in total. The lowest BCUT2D eigenvalue weighted by Crippen LogP contribution is -2.22. The second-order valence-electron chi connectivity index (χ2n) is 5.90. The number of nitrogens with zero attached hydrogens (tertiary/aromatic N) is 1. The van der Waals surface area contributed by atoms with Crippen LogP contribution in [0.5, 0.6) is 17.2 Å². The topological polar surface area (TPSA) is 61.7 Å². The van der Waals surface area contributed by atoms with Crippen molar-refractivity contribution in [3.05, 3.63) is 53.7 Å². The van der Waals surface area contributed by atoms with Gasteiger partial charge in [0.25, 0.3) is 5.91 Å². The lowest BCUT2D eigenvalue weighted by atomic mass is 10.1. The van der Waals surface area contributed by atoms with Gasteiger partial charge in [0.05, 0.1) is 21.3 Å². The number of methoxy groups -OCH3 is 3. The molecule has 0 spiro atoms. The standard InChI is InChI=1S/C20H22N2O4/c1-22-12-14(16-10-15(24-2)6-7-17(16)22)11-21-20(23)13-5-8-18(25-3)19(9-13)26-4/h5-10,12H,11H2,1-4H3,(H,21,23). The molecule has 0 radical (unpaired) electrons. The highest BCUT2D eigenvalue weighted by atomic mass is 16.5. The summed E-state index contributed by atoms with van der Waals surface area (Å²) in [7, 11) is 6.73. The zero-order valence-corrected chi connectivity index (χ0v) is 15.3. The zero-order valence-electron chi connectivity index (χ0n) is 15.3. The molecule has 3 rings (SSSR count). The second kappa shape index (κ2) is 7.39. The van der Waals surface area contributed by atoms with Crippen molar-refractivity contribution in [3.63, 3.8) is 0 Å². The highest BCUT2D eigenvalue weighted by Crippen LogP contribution is 2.28. The van der Waals surface area contributed by atoms with Crippen LogP contribution in [0.25, 0.3) is 10.9 Å². The molecule has 6 heteroatoms. The van der Waals surface area contributed by atoms with Crippen LogP contribution in [0, 0.1) is 0 Å². The summed E-state index contributed by atoms with van der Waals surface area (Å²) in [6, 6.07) is 11.0. The molecule has 0 saturated heterocycles. The molecule has 0 unspecified atom stereocenters. The third kappa shape index (κ3) is 3.31. The molecule has 136 valence electrons. The summed E-state index contributed by atoms with van der Waals surface area (Å²) in [5.74, 6) is 1.72. The Morgan fingerprint density at radius 3 is 2.46 bits per heavy atom. The van der Waals surface area contributed by atoms with E-state index in [0.29, 0.717) is 23.6 Å². The number of fused-ring (bicyclic) bond motifs is 1. The molecule has 0 aliphatic heterocycles. The van der Waals surface area contributed by atoms with E-state index in [4.69, 9.17) is 14.2 Å². The molecule has 0 bridgehead atoms. The zero-order chi connectivity index (χ0) is 18.7. The summed E-state index contributed by atoms with van der Waals surface area (Å²) in [5, 5.41) is 4.01. The van der Waals surface area contributed by atoms with E-state index in [1.165, 1.54) is 0 Å². The smallest absolute Gasteiger partial charge is 0.251 e. The van der Waals surface area contributed by atoms with Crippen molar-refractivity contribution in [1.82, 2.24) is 9.88 Å². The van der Waals surface area contributed by atoms with E-state index in [9.17, 15) is 4.79 Å². The van der Waals surface area contributed by atoms with Gasteiger partial charge in [0.2, 0.25) is 0 Å². The molecule has 3 aromatic rings. The van der Waals surface area contributed by atoms with Crippen molar-refractivity contribution in [1.29, 1.82) is 0 Å². The molecular weight excluding hydrogens is 332 g/mol. The first-order valence-electron chi connectivity index (χ1n) is 8.19. The van der Waals surface area contributed by atoms with Crippen LogP contribution in [0.1, 0.15) is 15.9 Å². The van der Waals surface area contributed by atoms with Gasteiger partial charge in [-0.3, -0.25) is 4.79 Å². The Morgan fingerprint density at radius 1 is 1.00 bits per heavy atom. The molecule has 26 heavy (non-hydrogen) atoms. The minimum atomic E-state index is -0.175. The third-order valence-electron chi connectivity index (χ3n) is 4.36. The molecule has 0 saturated carbocycles. The van der Waals surface area contributed by atoms with Crippen molar-refractivity contribution in [2.24, 2.45) is 7.05 Å². The highest BCUT2D eigenvalue weighted by molar-refractivity contribution is 5.95. The average Bonchev–Trinajstić information content (AvgIpc) is 3.00. The summed E-state index contributed by atoms with van der Waals surface area (Å²) in [4.78, 5) is 12.5. The molecule has 1 heterocycles. The number of rotatable bonds is 6. The second-order valence-corrected chi connectivity index (χ2v) is 5.90. The quantitative estimate of drug-likeness (QED) is 0.739. The van der Waals surface area contributed by atoms with Crippen molar-refractivity contribution in [2.75, 3.05) is 21.3 Å². The molecular formula is C20H22N2O4. The Bertz CT molecular complexity index is 946. The fourth-order valence-electron chi connectivity index (χ4n) is 2.98. The van der Waals surface area contributed by atoms with Crippen molar-refractivity contribution in [2.45, 2.75) is 6.54 Å². The van der Waals surface area contributed by atoms with Gasteiger partial charge in [0.15, 0.2) is 11.5 Å². The van der Waals surface area contributed by atoms with Crippen LogP contribution in [0.3, 0.4) is 0 Å². The van der Waals surface area contributed by atoms with Gasteiger partial charge in [-0.2, -0.15) is 0 Å². The average molecular weight is 354 g/mol. The van der Waals surface area contributed by atoms with Crippen molar-refractivity contribution >= 4 is 16.8 Å². The summed E-state index contributed by atoms with van der Waals surface area (Å²) in [6.45, 7) is 0.414. The van der Waals surface area contributed by atoms with Gasteiger partial charge in [0, 0.05) is 36.3 Å². The number of amides is 1. The summed E-state index contributed by atoms with van der Waals surface area (Å²) >= 11 is 0. The lowest BCUT2D eigenvalue weighted by molar-refractivity contribution is 0.0950. The Balaban J connectivity index is 1.80. The summed E-state index contributed by atoms with van der Waals surface area (Å²) in [6.07, 6.45) is 2.01. The maximum atomic E-state index is 12.5. The Hall–Kier alpha value is -3.15. The minimum absolute atomic E-state index is 0.175. The van der Waals surface area contributed by atoms with Gasteiger partial charge in [-0.25, -0.2) is 0 Å². The summed E-state index contributed by atoms with van der Waals surface area (Å²) < 4.78 is 17.8. The number of ether oxygens (including phenoxy) is 3. The maximum absolute atomic E-state index is 12.5. The van der Waals surface area contributed by atoms with Crippen LogP contribution in [-0.2, 0) is 13.6 Å². The number of benzene rings is 2. The predicted octanol–water partition coefficient (Wildman–Crippen LogP) is 3.13. The Morgan fingerprint density at radius 2 is 1.77 bits per heavy atom. The molecule has 1 aromatic heterocycles. The van der Waals surface area contributed by atoms with Crippen LogP contribution in [0.15, 0.2) is 42.6 Å². The first-order chi connectivity index (χ1) is 12.6. The monoisotopic (exact) mass is 354 g/mol. The third-order valence-corrected chi connectivity index (χ3v) is 4.36. The molecule has 2 aromatic carbocycles. The number of carbonyl (C=O) groups is 1. The number of aryl methyl sites for hydroxylation is 1. The number of hydrogen-bond acceptors (Lipinski definition) is 4. The van der Waals surface area contributed by atoms with Gasteiger partial charge in [-0.05, 0) is 42.0 Å². The van der Waals surface area contributed by atoms with E-state index >= 15 is 0 Å². The Labute approximate surface area is 152 Å². The molecule has 1 amide bonds. The van der Waals surface area contributed by atoms with Crippen LogP contribution in [-0.4, -0.2) is 31.8 Å². The number of aromatic nitrogens is 1. The van der Waals surface area contributed by atoms with Gasteiger partial charge in [-0.15, -0.1) is 0 Å². The first kappa shape index (κ1) is 17.7. The fraction of sp³-hybridized carbons (Fsp3) is 0.250. The van der Waals surface area contributed by atoms with Gasteiger partial charge in [0.1, 0.15) is 5.75 Å². The van der Waals surface area contributed by atoms with Crippen molar-refractivity contribution < 1.29 is 19.0 Å². The number of nitrogens with one attached hydrogen (secondary N) is 1. The van der Waals surface area contributed by atoms with Crippen LogP contribution < -0.4 is 19.5 Å². The first-order valence-corrected chi connectivity index (χ1v) is 8.19. The van der Waals surface area contributed by atoms with E-state index in [2.05, 4.69) is 5.32 Å². The number of carbonyl (C=O) groups excluding carboxylic acids is 1. The normalized spacial score (nSPS) is 10.6. The van der Waals surface area contributed by atoms with E-state index in [1.54, 1.807) is 39.5 Å². The predicted molar refractivity (Wildman–Crippen MR) is 100 cm³/mol. The molecule has 6 nitrogen and oxygen atoms in total. The molecule has 0 aliphatic carbocycles. The lowest BCUT2D eigenvalue weighted by Gasteiger charge is -2.10. The molecule has 0 fully saturated rings. The largest absolute Gasteiger partial charge is 0.497 e. The van der Waals surface area contributed by atoms with Crippen molar-refractivity contribution in [3.8, 4) is 17.2 Å². The van der Waals surface area contributed by atoms with Crippen LogP contribution in [0.4, 0.5) is 0 Å². The highest BCUT2D eigenvalue weighted by Gasteiger charge is 2.13. The van der Waals surface area contributed by atoms with E-state index in [1.807, 2.05) is 36.0 Å². The molecule has 0 aliphatic rings. The van der Waals surface area contributed by atoms with Gasteiger partial charge >= 0.3 is 0 Å². The fourth-order valence-corrected chi connectivity index (χ4v) is 2.98. The Kier molecular flexibility index (Phi) is 5.02. The SMILES string of the molecule is COc1ccc2c(c1)c(CNC(=O)c1ccc(OC)c(OC)c1)cn2C. The van der Waals surface area contributed by atoms with E-state index < -0.39 is 0 Å². The van der Waals surface area contributed by atoms with Crippen LogP contribution in [0.2, 0.25) is 0 Å². The minimum Gasteiger partial charge on any atom is -0.497 e. The van der Waals surface area contributed by atoms with Gasteiger partial charge in [-0.1, -0.05) is 0 Å². The van der Waals surface area contributed by atoms with E-state index in [0.717, 1.165) is 22.2 Å². The maximum Gasteiger partial charge on any atom is 0.251 e. The summed E-state index contributed by atoms with van der Waals surface area (Å²) in [5.41, 5.74) is 2.62. The van der Waals surface area contributed by atoms with Gasteiger partial charge < -0.3 is 24.1 Å². The number of hydrogen-bond donors (Lipinski definition) is 1. The van der Waals surface area contributed by atoms with E-state index in [-0.39, 0.29) is 5.91 Å². The molecule has 0 atom stereocenters.